The van der Waals surface area contributed by atoms with Crippen molar-refractivity contribution in [2.24, 2.45) is 0 Å². The summed E-state index contributed by atoms with van der Waals surface area (Å²) in [6.45, 7) is 2.17. The smallest absolute Gasteiger partial charge is 0.123 e. The first-order valence-corrected chi connectivity index (χ1v) is 7.89. The highest BCUT2D eigenvalue weighted by molar-refractivity contribution is 5.86. The summed E-state index contributed by atoms with van der Waals surface area (Å²) in [5.74, 6) is 0.409. The van der Waals surface area contributed by atoms with Crippen LogP contribution in [0.3, 0.4) is 0 Å². The molecule has 0 atom stereocenters. The van der Waals surface area contributed by atoms with E-state index >= 15 is 0 Å². The third kappa shape index (κ3) is 2.32. The molecule has 3 heteroatoms. The number of piperidine rings is 1. The predicted molar refractivity (Wildman–Crippen MR) is 88.1 cm³/mol. The number of benzene rings is 2. The predicted octanol–water partition coefficient (Wildman–Crippen LogP) is 4.24. The Morgan fingerprint density at radius 2 is 1.68 bits per heavy atom. The minimum absolute atomic E-state index is 0.196. The molecule has 1 aromatic heterocycles. The Morgan fingerprint density at radius 1 is 0.955 bits per heavy atom. The average Bonchev–Trinajstić information content (AvgIpc) is 2.96. The van der Waals surface area contributed by atoms with E-state index in [1.165, 1.54) is 41.4 Å². The molecular formula is C19H19FN2. The first-order chi connectivity index (χ1) is 10.8. The third-order valence-corrected chi connectivity index (χ3v) is 4.63. The monoisotopic (exact) mass is 294 g/mol. The first-order valence-electron chi connectivity index (χ1n) is 7.89. The Balaban J connectivity index is 1.86. The zero-order valence-electron chi connectivity index (χ0n) is 12.4. The Bertz CT molecular complexity index is 783. The van der Waals surface area contributed by atoms with Crippen molar-refractivity contribution in [2.45, 2.75) is 18.8 Å². The van der Waals surface area contributed by atoms with Gasteiger partial charge in [-0.3, -0.25) is 0 Å². The second-order valence-electron chi connectivity index (χ2n) is 5.97. The van der Waals surface area contributed by atoms with Gasteiger partial charge in [0.1, 0.15) is 5.82 Å². The number of halogens is 1. The van der Waals surface area contributed by atoms with Gasteiger partial charge in [-0.25, -0.2) is 4.39 Å². The maximum absolute atomic E-state index is 13.2. The highest BCUT2D eigenvalue weighted by Gasteiger charge is 2.20. The largest absolute Gasteiger partial charge is 0.317 e. The SMILES string of the molecule is Fc1ccc(-n2cc(C3CCNCC3)c3ccccc32)cc1. The van der Waals surface area contributed by atoms with Crippen LogP contribution in [0.5, 0.6) is 0 Å². The van der Waals surface area contributed by atoms with Gasteiger partial charge in [0.05, 0.1) is 5.52 Å². The highest BCUT2D eigenvalue weighted by Crippen LogP contribution is 2.34. The molecular weight excluding hydrogens is 275 g/mol. The second-order valence-corrected chi connectivity index (χ2v) is 5.97. The molecule has 0 bridgehead atoms. The zero-order valence-corrected chi connectivity index (χ0v) is 12.4. The molecule has 1 saturated heterocycles. The van der Waals surface area contributed by atoms with Crippen molar-refractivity contribution >= 4 is 10.9 Å². The molecule has 0 saturated carbocycles. The van der Waals surface area contributed by atoms with E-state index < -0.39 is 0 Å². The molecule has 0 radical (unpaired) electrons. The fraction of sp³-hybridized carbons (Fsp3) is 0.263. The molecule has 22 heavy (non-hydrogen) atoms. The molecule has 0 amide bonds. The van der Waals surface area contributed by atoms with Crippen molar-refractivity contribution in [3.05, 3.63) is 66.1 Å². The molecule has 1 aliphatic heterocycles. The van der Waals surface area contributed by atoms with Crippen LogP contribution in [-0.4, -0.2) is 17.7 Å². The van der Waals surface area contributed by atoms with Crippen LogP contribution < -0.4 is 5.32 Å². The van der Waals surface area contributed by atoms with Gasteiger partial charge in [-0.2, -0.15) is 0 Å². The van der Waals surface area contributed by atoms with Crippen LogP contribution in [0.4, 0.5) is 4.39 Å². The van der Waals surface area contributed by atoms with Crippen LogP contribution in [0.1, 0.15) is 24.3 Å². The van der Waals surface area contributed by atoms with Gasteiger partial charge in [0.25, 0.3) is 0 Å². The molecule has 3 aromatic rings. The molecule has 1 aliphatic rings. The van der Waals surface area contributed by atoms with Crippen LogP contribution in [-0.2, 0) is 0 Å². The molecule has 112 valence electrons. The van der Waals surface area contributed by atoms with E-state index in [0.29, 0.717) is 5.92 Å². The number of hydrogen-bond donors (Lipinski definition) is 1. The fourth-order valence-electron chi connectivity index (χ4n) is 3.48. The molecule has 1 N–H and O–H groups in total. The van der Waals surface area contributed by atoms with Crippen molar-refractivity contribution in [2.75, 3.05) is 13.1 Å². The van der Waals surface area contributed by atoms with Gasteiger partial charge in [-0.05, 0) is 67.7 Å². The molecule has 2 heterocycles. The topological polar surface area (TPSA) is 17.0 Å². The lowest BCUT2D eigenvalue weighted by Crippen LogP contribution is -2.26. The fourth-order valence-corrected chi connectivity index (χ4v) is 3.48. The van der Waals surface area contributed by atoms with Crippen molar-refractivity contribution in [3.8, 4) is 5.69 Å². The maximum atomic E-state index is 13.2. The number of fused-ring (bicyclic) bond motifs is 1. The first kappa shape index (κ1) is 13.5. The summed E-state index contributed by atoms with van der Waals surface area (Å²) in [5.41, 5.74) is 3.63. The van der Waals surface area contributed by atoms with Crippen molar-refractivity contribution in [1.82, 2.24) is 9.88 Å². The lowest BCUT2D eigenvalue weighted by Gasteiger charge is -2.22. The number of rotatable bonds is 2. The number of hydrogen-bond acceptors (Lipinski definition) is 1. The molecule has 0 aliphatic carbocycles. The van der Waals surface area contributed by atoms with E-state index in [4.69, 9.17) is 0 Å². The van der Waals surface area contributed by atoms with Crippen molar-refractivity contribution in [1.29, 1.82) is 0 Å². The van der Waals surface area contributed by atoms with Gasteiger partial charge < -0.3 is 9.88 Å². The molecule has 2 aromatic carbocycles. The summed E-state index contributed by atoms with van der Waals surface area (Å²) in [6, 6.07) is 15.2. The quantitative estimate of drug-likeness (QED) is 0.748. The Labute approximate surface area is 129 Å². The standard InChI is InChI=1S/C19H19FN2/c20-15-5-7-16(8-6-15)22-13-18(14-9-11-21-12-10-14)17-3-1-2-4-19(17)22/h1-8,13-14,21H,9-12H2. The van der Waals surface area contributed by atoms with E-state index in [2.05, 4.69) is 40.3 Å². The minimum Gasteiger partial charge on any atom is -0.317 e. The van der Waals surface area contributed by atoms with Gasteiger partial charge in [-0.15, -0.1) is 0 Å². The van der Waals surface area contributed by atoms with Crippen LogP contribution in [0, 0.1) is 5.82 Å². The maximum Gasteiger partial charge on any atom is 0.123 e. The summed E-state index contributed by atoms with van der Waals surface area (Å²) in [5, 5.41) is 4.75. The third-order valence-electron chi connectivity index (χ3n) is 4.63. The normalized spacial score (nSPS) is 16.2. The summed E-state index contributed by atoms with van der Waals surface area (Å²) in [6.07, 6.45) is 4.60. The van der Waals surface area contributed by atoms with E-state index in [1.807, 2.05) is 12.1 Å². The molecule has 4 rings (SSSR count). The Kier molecular flexibility index (Phi) is 3.43. The zero-order chi connectivity index (χ0) is 14.9. The van der Waals surface area contributed by atoms with Crippen LogP contribution in [0.25, 0.3) is 16.6 Å². The van der Waals surface area contributed by atoms with Gasteiger partial charge in [0, 0.05) is 17.3 Å². The minimum atomic E-state index is -0.196. The number of aromatic nitrogens is 1. The van der Waals surface area contributed by atoms with E-state index in [1.54, 1.807) is 0 Å². The van der Waals surface area contributed by atoms with Crippen molar-refractivity contribution in [3.63, 3.8) is 0 Å². The number of nitrogens with zero attached hydrogens (tertiary/aromatic N) is 1. The summed E-state index contributed by atoms with van der Waals surface area (Å²) in [4.78, 5) is 0. The Morgan fingerprint density at radius 3 is 2.45 bits per heavy atom. The van der Waals surface area contributed by atoms with E-state index in [-0.39, 0.29) is 5.82 Å². The summed E-state index contributed by atoms with van der Waals surface area (Å²) < 4.78 is 15.4. The van der Waals surface area contributed by atoms with Gasteiger partial charge in [-0.1, -0.05) is 18.2 Å². The van der Waals surface area contributed by atoms with Crippen molar-refractivity contribution < 1.29 is 4.39 Å². The number of nitrogens with one attached hydrogen (secondary N) is 1. The summed E-state index contributed by atoms with van der Waals surface area (Å²) >= 11 is 0. The van der Waals surface area contributed by atoms with Gasteiger partial charge >= 0.3 is 0 Å². The molecule has 0 spiro atoms. The average molecular weight is 294 g/mol. The van der Waals surface area contributed by atoms with Crippen LogP contribution in [0.15, 0.2) is 54.7 Å². The van der Waals surface area contributed by atoms with Gasteiger partial charge in [0.2, 0.25) is 0 Å². The van der Waals surface area contributed by atoms with E-state index in [0.717, 1.165) is 18.8 Å². The van der Waals surface area contributed by atoms with Gasteiger partial charge in [0.15, 0.2) is 0 Å². The highest BCUT2D eigenvalue weighted by atomic mass is 19.1. The molecule has 0 unspecified atom stereocenters. The van der Waals surface area contributed by atoms with Crippen LogP contribution >= 0.6 is 0 Å². The lowest BCUT2D eigenvalue weighted by atomic mass is 9.90. The summed E-state index contributed by atoms with van der Waals surface area (Å²) in [7, 11) is 0. The Hall–Kier alpha value is -2.13. The lowest BCUT2D eigenvalue weighted by molar-refractivity contribution is 0.462. The van der Waals surface area contributed by atoms with Crippen LogP contribution in [0.2, 0.25) is 0 Å². The second kappa shape index (κ2) is 5.58. The number of para-hydroxylation sites is 1. The molecule has 2 nitrogen and oxygen atoms in total. The van der Waals surface area contributed by atoms with E-state index in [9.17, 15) is 4.39 Å². The molecule has 1 fully saturated rings.